The number of carboxylic acid groups (broad SMARTS) is 1. The van der Waals surface area contributed by atoms with Crippen molar-refractivity contribution in [2.75, 3.05) is 13.2 Å². The van der Waals surface area contributed by atoms with E-state index in [9.17, 15) is 15.0 Å². The van der Waals surface area contributed by atoms with E-state index in [-0.39, 0.29) is 6.61 Å². The number of aliphatic hydroxyl groups is 1. The molecule has 1 aliphatic carbocycles. The molecule has 0 aromatic carbocycles. The maximum absolute atomic E-state index is 11.3. The predicted octanol–water partition coefficient (Wildman–Crippen LogP) is 1.81. The highest BCUT2D eigenvalue weighted by atomic mass is 16.5. The van der Waals surface area contributed by atoms with Gasteiger partial charge in [-0.05, 0) is 25.2 Å². The SMILES string of the molecule is O=C(O)C1(CC(O)CC2CCCC2)CCOC1. The van der Waals surface area contributed by atoms with Crippen LogP contribution in [0.15, 0.2) is 0 Å². The quantitative estimate of drug-likeness (QED) is 0.771. The van der Waals surface area contributed by atoms with Crippen molar-refractivity contribution in [2.45, 2.75) is 51.0 Å². The van der Waals surface area contributed by atoms with Gasteiger partial charge in [-0.15, -0.1) is 0 Å². The Bertz CT molecular complexity index is 265. The molecule has 0 aromatic heterocycles. The molecule has 2 rings (SSSR count). The number of carboxylic acids is 1. The van der Waals surface area contributed by atoms with Gasteiger partial charge < -0.3 is 14.9 Å². The smallest absolute Gasteiger partial charge is 0.312 e. The van der Waals surface area contributed by atoms with Gasteiger partial charge in [0.1, 0.15) is 0 Å². The van der Waals surface area contributed by atoms with Gasteiger partial charge in [0.05, 0.1) is 18.1 Å². The maximum Gasteiger partial charge on any atom is 0.312 e. The summed E-state index contributed by atoms with van der Waals surface area (Å²) in [4.78, 5) is 11.3. The Morgan fingerprint density at radius 2 is 2.12 bits per heavy atom. The molecule has 1 aliphatic heterocycles. The van der Waals surface area contributed by atoms with E-state index in [0.717, 1.165) is 6.42 Å². The predicted molar refractivity (Wildman–Crippen MR) is 62.7 cm³/mol. The summed E-state index contributed by atoms with van der Waals surface area (Å²) >= 11 is 0. The average molecular weight is 242 g/mol. The molecule has 0 spiro atoms. The molecule has 17 heavy (non-hydrogen) atoms. The standard InChI is InChI=1S/C13H22O4/c14-11(7-10-3-1-2-4-10)8-13(12(15)16)5-6-17-9-13/h10-11,14H,1-9H2,(H,15,16). The number of hydrogen-bond donors (Lipinski definition) is 2. The number of carbonyl (C=O) groups is 1. The van der Waals surface area contributed by atoms with Crippen LogP contribution in [0.1, 0.15) is 44.9 Å². The molecule has 2 N–H and O–H groups in total. The summed E-state index contributed by atoms with van der Waals surface area (Å²) in [6.45, 7) is 0.756. The molecule has 1 saturated heterocycles. The number of rotatable bonds is 5. The fraction of sp³-hybridized carbons (Fsp3) is 0.923. The molecule has 98 valence electrons. The van der Waals surface area contributed by atoms with Crippen LogP contribution in [0.4, 0.5) is 0 Å². The van der Waals surface area contributed by atoms with Gasteiger partial charge in [-0.3, -0.25) is 4.79 Å². The van der Waals surface area contributed by atoms with Crippen LogP contribution in [-0.4, -0.2) is 35.5 Å². The highest BCUT2D eigenvalue weighted by Crippen LogP contribution is 2.37. The zero-order valence-electron chi connectivity index (χ0n) is 10.2. The monoisotopic (exact) mass is 242 g/mol. The normalized spacial score (nSPS) is 31.8. The van der Waals surface area contributed by atoms with Gasteiger partial charge in [0.15, 0.2) is 0 Å². The van der Waals surface area contributed by atoms with Crippen molar-refractivity contribution >= 4 is 5.97 Å². The van der Waals surface area contributed by atoms with Gasteiger partial charge in [-0.25, -0.2) is 0 Å². The molecular weight excluding hydrogens is 220 g/mol. The zero-order valence-corrected chi connectivity index (χ0v) is 10.2. The second kappa shape index (κ2) is 5.36. The number of hydrogen-bond acceptors (Lipinski definition) is 3. The molecule has 1 saturated carbocycles. The summed E-state index contributed by atoms with van der Waals surface area (Å²) in [5.41, 5.74) is -0.835. The Morgan fingerprint density at radius 1 is 1.41 bits per heavy atom. The fourth-order valence-electron chi connectivity index (χ4n) is 3.19. The summed E-state index contributed by atoms with van der Waals surface area (Å²) in [6, 6.07) is 0. The van der Waals surface area contributed by atoms with Crippen LogP contribution in [-0.2, 0) is 9.53 Å². The molecule has 1 heterocycles. The summed E-state index contributed by atoms with van der Waals surface area (Å²) in [6.07, 6.45) is 6.03. The maximum atomic E-state index is 11.3. The van der Waals surface area contributed by atoms with Crippen molar-refractivity contribution in [3.63, 3.8) is 0 Å². The van der Waals surface area contributed by atoms with Crippen molar-refractivity contribution in [2.24, 2.45) is 11.3 Å². The third-order valence-electron chi connectivity index (χ3n) is 4.26. The highest BCUT2D eigenvalue weighted by Gasteiger charge is 2.44. The Hall–Kier alpha value is -0.610. The molecule has 0 aromatic rings. The molecule has 2 fully saturated rings. The Balaban J connectivity index is 1.86. The van der Waals surface area contributed by atoms with E-state index in [1.54, 1.807) is 0 Å². The first-order chi connectivity index (χ1) is 8.12. The summed E-state index contributed by atoms with van der Waals surface area (Å²) in [5, 5.41) is 19.3. The average Bonchev–Trinajstić information content (AvgIpc) is 2.89. The Kier molecular flexibility index (Phi) is 4.05. The van der Waals surface area contributed by atoms with Crippen molar-refractivity contribution in [1.29, 1.82) is 0 Å². The fourth-order valence-corrected chi connectivity index (χ4v) is 3.19. The van der Waals surface area contributed by atoms with Crippen molar-refractivity contribution < 1.29 is 19.7 Å². The van der Waals surface area contributed by atoms with E-state index in [1.807, 2.05) is 0 Å². The Labute approximate surface area is 102 Å². The lowest BCUT2D eigenvalue weighted by atomic mass is 9.80. The first-order valence-electron chi connectivity index (χ1n) is 6.62. The second-order valence-corrected chi connectivity index (χ2v) is 5.63. The minimum absolute atomic E-state index is 0.254. The van der Waals surface area contributed by atoms with E-state index in [0.29, 0.717) is 25.4 Å². The first kappa shape index (κ1) is 12.8. The highest BCUT2D eigenvalue weighted by molar-refractivity contribution is 5.75. The van der Waals surface area contributed by atoms with Crippen LogP contribution in [0.2, 0.25) is 0 Å². The molecule has 0 radical (unpaired) electrons. The molecule has 2 atom stereocenters. The molecule has 0 amide bonds. The van der Waals surface area contributed by atoms with Crippen LogP contribution in [0.3, 0.4) is 0 Å². The number of ether oxygens (including phenoxy) is 1. The van der Waals surface area contributed by atoms with E-state index < -0.39 is 17.5 Å². The molecule has 2 unspecified atom stereocenters. The van der Waals surface area contributed by atoms with Gasteiger partial charge in [-0.1, -0.05) is 25.7 Å². The van der Waals surface area contributed by atoms with E-state index in [1.165, 1.54) is 25.7 Å². The lowest BCUT2D eigenvalue weighted by molar-refractivity contribution is -0.151. The third-order valence-corrected chi connectivity index (χ3v) is 4.26. The van der Waals surface area contributed by atoms with Gasteiger partial charge in [0.2, 0.25) is 0 Å². The third kappa shape index (κ3) is 2.99. The van der Waals surface area contributed by atoms with E-state index in [2.05, 4.69) is 0 Å². The lowest BCUT2D eigenvalue weighted by Gasteiger charge is -2.26. The minimum Gasteiger partial charge on any atom is -0.481 e. The minimum atomic E-state index is -0.835. The second-order valence-electron chi connectivity index (χ2n) is 5.63. The van der Waals surface area contributed by atoms with Crippen LogP contribution in [0, 0.1) is 11.3 Å². The molecule has 0 bridgehead atoms. The largest absolute Gasteiger partial charge is 0.481 e. The van der Waals surface area contributed by atoms with Crippen LogP contribution < -0.4 is 0 Å². The molecule has 4 nitrogen and oxygen atoms in total. The van der Waals surface area contributed by atoms with Gasteiger partial charge in [0, 0.05) is 6.61 Å². The molecule has 4 heteroatoms. The van der Waals surface area contributed by atoms with Crippen LogP contribution in [0.25, 0.3) is 0 Å². The topological polar surface area (TPSA) is 66.8 Å². The summed E-state index contributed by atoms with van der Waals surface area (Å²) < 4.78 is 5.20. The summed E-state index contributed by atoms with van der Waals surface area (Å²) in [7, 11) is 0. The van der Waals surface area contributed by atoms with E-state index >= 15 is 0 Å². The zero-order chi connectivity index (χ0) is 12.3. The van der Waals surface area contributed by atoms with E-state index in [4.69, 9.17) is 4.74 Å². The van der Waals surface area contributed by atoms with Crippen molar-refractivity contribution in [3.8, 4) is 0 Å². The van der Waals surface area contributed by atoms with Gasteiger partial charge in [0.25, 0.3) is 0 Å². The number of aliphatic hydroxyl groups excluding tert-OH is 1. The molecule has 2 aliphatic rings. The number of aliphatic carboxylic acids is 1. The Morgan fingerprint density at radius 3 is 2.65 bits per heavy atom. The first-order valence-corrected chi connectivity index (χ1v) is 6.62. The van der Waals surface area contributed by atoms with Gasteiger partial charge >= 0.3 is 5.97 Å². The molecular formula is C13H22O4. The van der Waals surface area contributed by atoms with Crippen molar-refractivity contribution in [1.82, 2.24) is 0 Å². The lowest BCUT2D eigenvalue weighted by Crippen LogP contribution is -2.35. The van der Waals surface area contributed by atoms with Crippen molar-refractivity contribution in [3.05, 3.63) is 0 Å². The van der Waals surface area contributed by atoms with Crippen LogP contribution in [0.5, 0.6) is 0 Å². The van der Waals surface area contributed by atoms with Gasteiger partial charge in [-0.2, -0.15) is 0 Å². The van der Waals surface area contributed by atoms with Crippen LogP contribution >= 0.6 is 0 Å². The summed E-state index contributed by atoms with van der Waals surface area (Å²) in [5.74, 6) is -0.223.